The summed E-state index contributed by atoms with van der Waals surface area (Å²) in [6, 6.07) is 92.3. The van der Waals surface area contributed by atoms with Gasteiger partial charge in [0.15, 0.2) is 0 Å². The third-order valence-corrected chi connectivity index (χ3v) is 18.1. The average molecular weight is 953 g/mol. The van der Waals surface area contributed by atoms with Gasteiger partial charge in [-0.1, -0.05) is 237 Å². The molecule has 0 unspecified atom stereocenters. The van der Waals surface area contributed by atoms with Gasteiger partial charge in [0.2, 0.25) is 0 Å². The van der Waals surface area contributed by atoms with Gasteiger partial charge in [-0.2, -0.15) is 0 Å². The summed E-state index contributed by atoms with van der Waals surface area (Å²) in [5.74, 6) is 0. The van der Waals surface area contributed by atoms with Crippen LogP contribution >= 0.6 is 0 Å². The SMILES string of the molecule is c1ccc(-c2ccc3c(c2)c2cccc4c(-c5ccccc5)c5c6ccc7c8ccc9c%10c(-c%11ccccc%11)c%11c%12cccc%13cccc(c%11c(-c%11ccccc%11)c%10c%10ccc(c%11ccc(c6c7%11)c5c3c42)c8c9%10)c%13%12)cc1. The van der Waals surface area contributed by atoms with Gasteiger partial charge >= 0.3 is 0 Å². The molecule has 19 aromatic rings. The van der Waals surface area contributed by atoms with E-state index >= 15 is 0 Å². The van der Waals surface area contributed by atoms with E-state index in [0.29, 0.717) is 0 Å². The first-order chi connectivity index (χ1) is 37.8. The van der Waals surface area contributed by atoms with E-state index in [2.05, 4.69) is 243 Å². The molecule has 19 rings (SSSR count). The number of rotatable bonds is 4. The first-order valence-electron chi connectivity index (χ1n) is 26.8. The van der Waals surface area contributed by atoms with Crippen molar-refractivity contribution in [1.29, 1.82) is 0 Å². The van der Waals surface area contributed by atoms with Crippen molar-refractivity contribution in [2.45, 2.75) is 0 Å². The molecule has 0 radical (unpaired) electrons. The van der Waals surface area contributed by atoms with Gasteiger partial charge in [-0.05, 0) is 201 Å². The lowest BCUT2D eigenvalue weighted by Crippen LogP contribution is -1.87. The van der Waals surface area contributed by atoms with Gasteiger partial charge in [-0.25, -0.2) is 0 Å². The lowest BCUT2D eigenvalue weighted by Gasteiger charge is -2.15. The largest absolute Gasteiger partial charge is 0.0622 e. The van der Waals surface area contributed by atoms with Crippen molar-refractivity contribution in [3.8, 4) is 44.5 Å². The molecule has 19 aromatic carbocycles. The highest BCUT2D eigenvalue weighted by atomic mass is 14.3. The summed E-state index contributed by atoms with van der Waals surface area (Å²) in [6.45, 7) is 0. The van der Waals surface area contributed by atoms with E-state index in [4.69, 9.17) is 0 Å². The molecule has 0 aromatic heterocycles. The van der Waals surface area contributed by atoms with Crippen LogP contribution in [0.3, 0.4) is 0 Å². The summed E-state index contributed by atoms with van der Waals surface area (Å²) in [5.41, 5.74) is 10.2. The van der Waals surface area contributed by atoms with Crippen LogP contribution in [0.25, 0.3) is 195 Å². The molecule has 0 saturated heterocycles. The topological polar surface area (TPSA) is 0 Å². The lowest BCUT2D eigenvalue weighted by atomic mass is 9.87. The lowest BCUT2D eigenvalue weighted by molar-refractivity contribution is 1.66. The Labute approximate surface area is 435 Å². The van der Waals surface area contributed by atoms with Gasteiger partial charge in [0, 0.05) is 0 Å². The van der Waals surface area contributed by atoms with Gasteiger partial charge in [-0.15, -0.1) is 0 Å². The van der Waals surface area contributed by atoms with Crippen LogP contribution in [0, 0.1) is 0 Å². The number of hydrogen-bond acceptors (Lipinski definition) is 0. The van der Waals surface area contributed by atoms with Crippen molar-refractivity contribution in [3.05, 3.63) is 243 Å². The van der Waals surface area contributed by atoms with Crippen LogP contribution in [-0.2, 0) is 0 Å². The number of hydrogen-bond donors (Lipinski definition) is 0. The van der Waals surface area contributed by atoms with Crippen molar-refractivity contribution < 1.29 is 0 Å². The van der Waals surface area contributed by atoms with Crippen LogP contribution in [-0.4, -0.2) is 0 Å². The summed E-state index contributed by atoms with van der Waals surface area (Å²) in [7, 11) is 0. The minimum Gasteiger partial charge on any atom is -0.0622 e. The van der Waals surface area contributed by atoms with Gasteiger partial charge in [0.05, 0.1) is 0 Å². The minimum absolute atomic E-state index is 1.24. The Bertz CT molecular complexity index is 5460. The second kappa shape index (κ2) is 14.0. The average Bonchev–Trinajstić information content (AvgIpc) is 4.23. The Morgan fingerprint density at radius 2 is 0.434 bits per heavy atom. The fraction of sp³-hybridized carbons (Fsp3) is 0. The van der Waals surface area contributed by atoms with E-state index in [0.717, 1.165) is 0 Å². The first-order valence-corrected chi connectivity index (χ1v) is 26.8. The molecule has 0 aliphatic rings. The van der Waals surface area contributed by atoms with Crippen LogP contribution in [0.15, 0.2) is 243 Å². The third kappa shape index (κ3) is 4.70. The van der Waals surface area contributed by atoms with Crippen LogP contribution < -0.4 is 0 Å². The molecule has 0 aliphatic carbocycles. The molecule has 0 heterocycles. The van der Waals surface area contributed by atoms with Gasteiger partial charge in [0.1, 0.15) is 0 Å². The molecular formula is C76H40. The van der Waals surface area contributed by atoms with E-state index in [9.17, 15) is 0 Å². The highest BCUT2D eigenvalue weighted by molar-refractivity contribution is 6.53. The predicted molar refractivity (Wildman–Crippen MR) is 329 cm³/mol. The highest BCUT2D eigenvalue weighted by Crippen LogP contribution is 2.59. The number of benzene rings is 15. The highest BCUT2D eigenvalue weighted by Gasteiger charge is 2.31. The van der Waals surface area contributed by atoms with Crippen LogP contribution in [0.5, 0.6) is 0 Å². The van der Waals surface area contributed by atoms with E-state index in [1.54, 1.807) is 0 Å². The van der Waals surface area contributed by atoms with E-state index < -0.39 is 0 Å². The van der Waals surface area contributed by atoms with Gasteiger partial charge < -0.3 is 0 Å². The molecule has 344 valence electrons. The summed E-state index contributed by atoms with van der Waals surface area (Å²) in [6.07, 6.45) is 0. The monoisotopic (exact) mass is 952 g/mol. The molecule has 0 heteroatoms. The second-order valence-electron chi connectivity index (χ2n) is 21.6. The Kier molecular flexibility index (Phi) is 7.32. The van der Waals surface area contributed by atoms with Crippen molar-refractivity contribution in [1.82, 2.24) is 0 Å². The molecule has 0 amide bonds. The maximum Gasteiger partial charge on any atom is -0.000696 e. The van der Waals surface area contributed by atoms with Crippen LogP contribution in [0.4, 0.5) is 0 Å². The third-order valence-electron chi connectivity index (χ3n) is 18.1. The molecular weight excluding hydrogens is 913 g/mol. The Morgan fingerprint density at radius 1 is 0.132 bits per heavy atom. The molecule has 0 aliphatic heterocycles. The quantitative estimate of drug-likeness (QED) is 0.122. The summed E-state index contributed by atoms with van der Waals surface area (Å²) < 4.78 is 0. The fourth-order valence-electron chi connectivity index (χ4n) is 15.4. The van der Waals surface area contributed by atoms with Crippen LogP contribution in [0.2, 0.25) is 0 Å². The molecule has 0 nitrogen and oxygen atoms in total. The zero-order chi connectivity index (χ0) is 49.1. The molecule has 0 saturated carbocycles. The smallest absolute Gasteiger partial charge is 0.000696 e. The standard InChI is InChI=1S/C76H40/c1-5-16-41(17-6-1)46-30-31-52-60(40-46)47-26-15-29-55-62(43-18-7-2-8-19-43)71-56-36-32-48-49-33-37-57-69-58(38-34-50(66(49)69)51-35-39-59(68(56)65(48)51)76(71)70(52)67(47)55)75-64(45-22-11-4-12-23-45)73-54-28-14-25-42-24-13-27-53(61(42)54)72(73)63(74(57)75)44-20-9-3-10-21-44/h1-40H. The van der Waals surface area contributed by atoms with Gasteiger partial charge in [-0.3, -0.25) is 0 Å². The molecule has 0 bridgehead atoms. The molecule has 76 heavy (non-hydrogen) atoms. The van der Waals surface area contributed by atoms with Crippen molar-refractivity contribution >= 4 is 151 Å². The van der Waals surface area contributed by atoms with Crippen molar-refractivity contribution in [2.75, 3.05) is 0 Å². The minimum atomic E-state index is 1.24. The molecule has 0 N–H and O–H groups in total. The zero-order valence-electron chi connectivity index (χ0n) is 41.1. The molecule has 0 fully saturated rings. The van der Waals surface area contributed by atoms with Gasteiger partial charge in [0.25, 0.3) is 0 Å². The van der Waals surface area contributed by atoms with Crippen molar-refractivity contribution in [3.63, 3.8) is 0 Å². The van der Waals surface area contributed by atoms with E-state index in [-0.39, 0.29) is 0 Å². The molecule has 0 spiro atoms. The number of fused-ring (bicyclic) bond motifs is 15. The van der Waals surface area contributed by atoms with E-state index in [1.165, 1.54) is 195 Å². The van der Waals surface area contributed by atoms with E-state index in [1.807, 2.05) is 0 Å². The van der Waals surface area contributed by atoms with Crippen molar-refractivity contribution in [2.24, 2.45) is 0 Å². The zero-order valence-corrected chi connectivity index (χ0v) is 41.1. The summed E-state index contributed by atoms with van der Waals surface area (Å²) in [4.78, 5) is 0. The molecule has 0 atom stereocenters. The Morgan fingerprint density at radius 3 is 0.934 bits per heavy atom. The normalized spacial score (nSPS) is 12.7. The fourth-order valence-corrected chi connectivity index (χ4v) is 15.4. The summed E-state index contributed by atoms with van der Waals surface area (Å²) >= 11 is 0. The maximum absolute atomic E-state index is 2.49. The first kappa shape index (κ1) is 39.6. The second-order valence-corrected chi connectivity index (χ2v) is 21.6. The predicted octanol–water partition coefficient (Wildman–Crippen LogP) is 21.7. The summed E-state index contributed by atoms with van der Waals surface area (Å²) in [5, 5.41) is 37.5. The Hall–Kier alpha value is -9.88. The van der Waals surface area contributed by atoms with Crippen LogP contribution in [0.1, 0.15) is 0 Å². The Balaban J connectivity index is 0.993. The maximum atomic E-state index is 2.49.